The second kappa shape index (κ2) is 2.96. The maximum Gasteiger partial charge on any atom is 0.245 e. The van der Waals surface area contributed by atoms with Gasteiger partial charge in [-0.2, -0.15) is 0 Å². The van der Waals surface area contributed by atoms with Crippen molar-refractivity contribution in [3.05, 3.63) is 34.0 Å². The van der Waals surface area contributed by atoms with Gasteiger partial charge < -0.3 is 4.98 Å². The van der Waals surface area contributed by atoms with E-state index in [4.69, 9.17) is 0 Å². The van der Waals surface area contributed by atoms with Gasteiger partial charge in [-0.05, 0) is 0 Å². The van der Waals surface area contributed by atoms with Crippen LogP contribution in [-0.4, -0.2) is 14.9 Å². The minimum atomic E-state index is -0.450. The number of H-pyrrole nitrogens is 1. The van der Waals surface area contributed by atoms with E-state index in [9.17, 15) is 10.1 Å². The van der Waals surface area contributed by atoms with Crippen LogP contribution in [0.4, 0.5) is 0 Å². The van der Waals surface area contributed by atoms with E-state index in [2.05, 4.69) is 9.97 Å². The molecular weight excluding hydrogens is 146 g/mol. The summed E-state index contributed by atoms with van der Waals surface area (Å²) in [5.41, 5.74) is 0.649. The number of aromatic amines is 1. The Bertz CT molecular complexity index is 276. The second-order valence-corrected chi connectivity index (χ2v) is 2.04. The lowest BCUT2D eigenvalue weighted by atomic mass is 10.4. The van der Waals surface area contributed by atoms with Crippen molar-refractivity contribution in [3.8, 4) is 0 Å². The van der Waals surface area contributed by atoms with Gasteiger partial charge in [0.25, 0.3) is 0 Å². The lowest BCUT2D eigenvalue weighted by Crippen LogP contribution is -1.92. The Morgan fingerprint density at radius 1 is 1.91 bits per heavy atom. The van der Waals surface area contributed by atoms with Crippen molar-refractivity contribution in [1.82, 2.24) is 9.97 Å². The van der Waals surface area contributed by atoms with Crippen LogP contribution in [-0.2, 0) is 0 Å². The van der Waals surface area contributed by atoms with Crippen molar-refractivity contribution in [1.29, 1.82) is 0 Å². The molecule has 0 aliphatic carbocycles. The molecule has 0 unspecified atom stereocenters. The second-order valence-electron chi connectivity index (χ2n) is 2.04. The van der Waals surface area contributed by atoms with Crippen molar-refractivity contribution in [3.63, 3.8) is 0 Å². The molecule has 1 N–H and O–H groups in total. The van der Waals surface area contributed by atoms with E-state index in [-0.39, 0.29) is 5.70 Å². The van der Waals surface area contributed by atoms with E-state index >= 15 is 0 Å². The minimum absolute atomic E-state index is 0.0806. The number of hydrogen-bond donors (Lipinski definition) is 1. The highest BCUT2D eigenvalue weighted by Crippen LogP contribution is 2.01. The first-order chi connectivity index (χ1) is 5.20. The van der Waals surface area contributed by atoms with Crippen LogP contribution in [0, 0.1) is 10.1 Å². The molecule has 0 bridgehead atoms. The first-order valence-electron chi connectivity index (χ1n) is 3.01. The van der Waals surface area contributed by atoms with Crippen LogP contribution in [0.15, 0.2) is 18.2 Å². The predicted molar refractivity (Wildman–Crippen MR) is 39.2 cm³/mol. The van der Waals surface area contributed by atoms with Gasteiger partial charge in [0.15, 0.2) is 0 Å². The van der Waals surface area contributed by atoms with E-state index in [0.717, 1.165) is 0 Å². The third-order valence-corrected chi connectivity index (χ3v) is 1.16. The molecule has 5 nitrogen and oxygen atoms in total. The topological polar surface area (TPSA) is 71.8 Å². The average Bonchev–Trinajstić information content (AvgIpc) is 2.39. The Hall–Kier alpha value is -1.65. The summed E-state index contributed by atoms with van der Waals surface area (Å²) in [7, 11) is 0. The first-order valence-corrected chi connectivity index (χ1v) is 3.01. The lowest BCUT2D eigenvalue weighted by Gasteiger charge is -1.85. The van der Waals surface area contributed by atoms with Crippen LogP contribution in [0.5, 0.6) is 0 Å². The normalized spacial score (nSPS) is 11.5. The van der Waals surface area contributed by atoms with Crippen LogP contribution in [0.2, 0.25) is 0 Å². The molecule has 0 aromatic carbocycles. The third kappa shape index (κ3) is 1.89. The van der Waals surface area contributed by atoms with E-state index < -0.39 is 4.92 Å². The molecule has 0 spiro atoms. The maximum absolute atomic E-state index is 10.1. The number of allylic oxidation sites excluding steroid dienone is 1. The molecule has 0 amide bonds. The monoisotopic (exact) mass is 153 g/mol. The fourth-order valence-corrected chi connectivity index (χ4v) is 0.617. The van der Waals surface area contributed by atoms with Gasteiger partial charge in [-0.15, -0.1) is 0 Å². The Kier molecular flexibility index (Phi) is 2.00. The lowest BCUT2D eigenvalue weighted by molar-refractivity contribution is -0.422. The van der Waals surface area contributed by atoms with Gasteiger partial charge in [-0.25, -0.2) is 4.98 Å². The molecule has 0 aliphatic rings. The summed E-state index contributed by atoms with van der Waals surface area (Å²) in [6.07, 6.45) is 4.46. The van der Waals surface area contributed by atoms with Crippen molar-refractivity contribution >= 4 is 6.08 Å². The van der Waals surface area contributed by atoms with Crippen molar-refractivity contribution in [2.75, 3.05) is 0 Å². The van der Waals surface area contributed by atoms with Gasteiger partial charge in [0.1, 0.15) is 0 Å². The highest BCUT2D eigenvalue weighted by molar-refractivity contribution is 5.44. The number of nitrogens with zero attached hydrogens (tertiary/aromatic N) is 2. The fourth-order valence-electron chi connectivity index (χ4n) is 0.617. The van der Waals surface area contributed by atoms with E-state index in [1.807, 2.05) is 0 Å². The molecule has 5 heteroatoms. The molecule has 0 aliphatic heterocycles. The van der Waals surface area contributed by atoms with E-state index in [1.54, 1.807) is 6.20 Å². The molecule has 1 aromatic heterocycles. The summed E-state index contributed by atoms with van der Waals surface area (Å²) >= 11 is 0. The van der Waals surface area contributed by atoms with Gasteiger partial charge in [0.05, 0.1) is 16.9 Å². The minimum Gasteiger partial charge on any atom is -0.351 e. The van der Waals surface area contributed by atoms with Gasteiger partial charge >= 0.3 is 0 Å². The maximum atomic E-state index is 10.1. The smallest absolute Gasteiger partial charge is 0.245 e. The van der Waals surface area contributed by atoms with Crippen LogP contribution in [0.3, 0.4) is 0 Å². The molecule has 1 rings (SSSR count). The molecule has 0 radical (unpaired) electrons. The summed E-state index contributed by atoms with van der Waals surface area (Å²) in [5.74, 6) is 0. The van der Waals surface area contributed by atoms with Gasteiger partial charge in [0.2, 0.25) is 5.70 Å². The quantitative estimate of drug-likeness (QED) is 0.509. The fraction of sp³-hybridized carbons (Fsp3) is 0.167. The number of imidazole rings is 1. The number of nitrogens with one attached hydrogen (secondary N) is 1. The zero-order chi connectivity index (χ0) is 8.27. The number of rotatable bonds is 2. The highest BCUT2D eigenvalue weighted by Gasteiger charge is 2.01. The van der Waals surface area contributed by atoms with Crippen LogP contribution < -0.4 is 0 Å². The summed E-state index contributed by atoms with van der Waals surface area (Å²) in [6, 6.07) is 0. The molecule has 1 heterocycles. The van der Waals surface area contributed by atoms with Gasteiger partial charge in [-0.1, -0.05) is 0 Å². The van der Waals surface area contributed by atoms with Gasteiger partial charge in [-0.3, -0.25) is 10.1 Å². The Labute approximate surface area is 62.9 Å². The Morgan fingerprint density at radius 3 is 3.09 bits per heavy atom. The molecular formula is C6H7N3O2. The summed E-state index contributed by atoms with van der Waals surface area (Å²) in [6.45, 7) is 1.43. The van der Waals surface area contributed by atoms with Crippen molar-refractivity contribution < 1.29 is 4.92 Å². The molecule has 11 heavy (non-hydrogen) atoms. The van der Waals surface area contributed by atoms with E-state index in [1.165, 1.54) is 19.3 Å². The zero-order valence-electron chi connectivity index (χ0n) is 5.94. The average molecular weight is 153 g/mol. The standard InChI is InChI=1S/C6H7N3O2/c1-5(9(10)11)2-6-3-7-4-8-6/h2-4H,1H3,(H,7,8)/b5-2+. The summed E-state index contributed by atoms with van der Waals surface area (Å²) in [4.78, 5) is 16.2. The van der Waals surface area contributed by atoms with E-state index in [0.29, 0.717) is 5.69 Å². The molecule has 0 fully saturated rings. The van der Waals surface area contributed by atoms with Gasteiger partial charge in [0, 0.05) is 19.2 Å². The first kappa shape index (κ1) is 7.46. The Balaban J connectivity index is 2.82. The number of nitro groups is 1. The highest BCUT2D eigenvalue weighted by atomic mass is 16.6. The number of aromatic nitrogens is 2. The van der Waals surface area contributed by atoms with Crippen LogP contribution >= 0.6 is 0 Å². The molecule has 1 aromatic rings. The summed E-state index contributed by atoms with van der Waals surface area (Å²) < 4.78 is 0. The zero-order valence-corrected chi connectivity index (χ0v) is 5.94. The molecule has 0 atom stereocenters. The molecule has 58 valence electrons. The largest absolute Gasteiger partial charge is 0.351 e. The molecule has 0 saturated heterocycles. The van der Waals surface area contributed by atoms with Crippen molar-refractivity contribution in [2.45, 2.75) is 6.92 Å². The SMILES string of the molecule is C/C(=C\c1c[nH]cn1)[N+](=O)[O-]. The third-order valence-electron chi connectivity index (χ3n) is 1.16. The Morgan fingerprint density at radius 2 is 2.64 bits per heavy atom. The van der Waals surface area contributed by atoms with Crippen LogP contribution in [0.1, 0.15) is 12.6 Å². The number of hydrogen-bond acceptors (Lipinski definition) is 3. The molecule has 0 saturated carbocycles. The van der Waals surface area contributed by atoms with Crippen LogP contribution in [0.25, 0.3) is 6.08 Å². The predicted octanol–water partition coefficient (Wildman–Crippen LogP) is 1.05. The van der Waals surface area contributed by atoms with Crippen molar-refractivity contribution in [2.24, 2.45) is 0 Å². The summed E-state index contributed by atoms with van der Waals surface area (Å²) in [5, 5.41) is 10.1.